The second-order valence-electron chi connectivity index (χ2n) is 3.83. The van der Waals surface area contributed by atoms with Gasteiger partial charge < -0.3 is 19.5 Å². The van der Waals surface area contributed by atoms with Gasteiger partial charge in [-0.1, -0.05) is 5.16 Å². The van der Waals surface area contributed by atoms with Crippen molar-refractivity contribution in [2.75, 3.05) is 6.61 Å². The molecule has 0 aliphatic rings. The average molecular weight is 290 g/mol. The minimum atomic E-state index is -4.42. The quantitative estimate of drug-likeness (QED) is 0.839. The van der Waals surface area contributed by atoms with Gasteiger partial charge in [-0.2, -0.15) is 18.2 Å². The summed E-state index contributed by atoms with van der Waals surface area (Å²) in [7, 11) is 0. The first-order chi connectivity index (χ1) is 9.35. The van der Waals surface area contributed by atoms with Gasteiger partial charge in [0.25, 0.3) is 5.89 Å². The standard InChI is InChI=1S/C11H9F3N2O4/c12-11(13,14)5-19-4-9-15-10(20-16-9)6-1-2-7(17)8(18)3-6/h1-3,17-18H,4-5H2. The van der Waals surface area contributed by atoms with E-state index in [2.05, 4.69) is 14.9 Å². The van der Waals surface area contributed by atoms with Crippen molar-refractivity contribution in [1.82, 2.24) is 10.1 Å². The third-order valence-corrected chi connectivity index (χ3v) is 2.19. The molecule has 0 unspecified atom stereocenters. The number of rotatable bonds is 4. The number of phenols is 2. The fourth-order valence-corrected chi connectivity index (χ4v) is 1.34. The molecule has 2 aromatic rings. The summed E-state index contributed by atoms with van der Waals surface area (Å²) in [5, 5.41) is 21.9. The van der Waals surface area contributed by atoms with Crippen LogP contribution in [-0.2, 0) is 11.3 Å². The van der Waals surface area contributed by atoms with Crippen molar-refractivity contribution in [3.63, 3.8) is 0 Å². The van der Waals surface area contributed by atoms with E-state index in [1.165, 1.54) is 18.2 Å². The fourth-order valence-electron chi connectivity index (χ4n) is 1.34. The van der Waals surface area contributed by atoms with Crippen LogP contribution in [0.3, 0.4) is 0 Å². The molecule has 6 nitrogen and oxygen atoms in total. The third kappa shape index (κ3) is 3.60. The number of phenolic OH excluding ortho intramolecular Hbond substituents is 2. The van der Waals surface area contributed by atoms with Gasteiger partial charge in [-0.25, -0.2) is 0 Å². The molecule has 2 N–H and O–H groups in total. The van der Waals surface area contributed by atoms with Crippen LogP contribution in [0.5, 0.6) is 11.5 Å². The fraction of sp³-hybridized carbons (Fsp3) is 0.273. The molecule has 2 rings (SSSR count). The molecular formula is C11H9F3N2O4. The molecule has 1 heterocycles. The number of benzene rings is 1. The normalized spacial score (nSPS) is 11.8. The zero-order chi connectivity index (χ0) is 14.8. The lowest BCUT2D eigenvalue weighted by atomic mass is 10.2. The van der Waals surface area contributed by atoms with Crippen LogP contribution in [0.15, 0.2) is 22.7 Å². The summed E-state index contributed by atoms with van der Waals surface area (Å²) in [4.78, 5) is 3.81. The lowest BCUT2D eigenvalue weighted by Gasteiger charge is -2.04. The number of alkyl halides is 3. The topological polar surface area (TPSA) is 88.6 Å². The molecule has 1 aromatic carbocycles. The molecule has 0 aliphatic carbocycles. The smallest absolute Gasteiger partial charge is 0.411 e. The zero-order valence-corrected chi connectivity index (χ0v) is 9.89. The lowest BCUT2D eigenvalue weighted by Crippen LogP contribution is -2.16. The van der Waals surface area contributed by atoms with Gasteiger partial charge >= 0.3 is 6.18 Å². The Hall–Kier alpha value is -2.29. The number of hydrogen-bond acceptors (Lipinski definition) is 6. The van der Waals surface area contributed by atoms with Crippen molar-refractivity contribution in [2.24, 2.45) is 0 Å². The van der Waals surface area contributed by atoms with Gasteiger partial charge in [-0.3, -0.25) is 0 Å². The molecule has 0 amide bonds. The van der Waals surface area contributed by atoms with Gasteiger partial charge in [-0.15, -0.1) is 0 Å². The monoisotopic (exact) mass is 290 g/mol. The van der Waals surface area contributed by atoms with E-state index in [1.807, 2.05) is 0 Å². The number of halogens is 3. The Morgan fingerprint density at radius 1 is 1.20 bits per heavy atom. The van der Waals surface area contributed by atoms with Crippen LogP contribution in [0.25, 0.3) is 11.5 Å². The molecule has 20 heavy (non-hydrogen) atoms. The Morgan fingerprint density at radius 3 is 2.60 bits per heavy atom. The highest BCUT2D eigenvalue weighted by atomic mass is 19.4. The van der Waals surface area contributed by atoms with Gasteiger partial charge in [0, 0.05) is 5.56 Å². The summed E-state index contributed by atoms with van der Waals surface area (Å²) in [6.45, 7) is -1.86. The maximum absolute atomic E-state index is 11.9. The van der Waals surface area contributed by atoms with Gasteiger partial charge in [0.15, 0.2) is 17.3 Å². The Bertz CT molecular complexity index is 598. The van der Waals surface area contributed by atoms with Gasteiger partial charge in [0.1, 0.15) is 13.2 Å². The molecule has 9 heteroatoms. The first-order valence-corrected chi connectivity index (χ1v) is 5.34. The summed E-state index contributed by atoms with van der Waals surface area (Å²) in [5.41, 5.74) is 0.315. The van der Waals surface area contributed by atoms with Crippen molar-refractivity contribution >= 4 is 0 Å². The molecular weight excluding hydrogens is 281 g/mol. The van der Waals surface area contributed by atoms with Crippen LogP contribution in [0.1, 0.15) is 5.82 Å². The summed E-state index contributed by atoms with van der Waals surface area (Å²) in [6, 6.07) is 3.81. The van der Waals surface area contributed by atoms with Gasteiger partial charge in [0.2, 0.25) is 0 Å². The van der Waals surface area contributed by atoms with E-state index in [9.17, 15) is 18.3 Å². The largest absolute Gasteiger partial charge is 0.504 e. The van der Waals surface area contributed by atoms with Crippen LogP contribution < -0.4 is 0 Å². The second-order valence-corrected chi connectivity index (χ2v) is 3.83. The number of aromatic nitrogens is 2. The average Bonchev–Trinajstić information content (AvgIpc) is 2.80. The molecule has 0 radical (unpaired) electrons. The Labute approximate surface area is 110 Å². The van der Waals surface area contributed by atoms with Crippen molar-refractivity contribution in [3.8, 4) is 23.0 Å². The Balaban J connectivity index is 2.03. The maximum Gasteiger partial charge on any atom is 0.411 e. The highest BCUT2D eigenvalue weighted by Gasteiger charge is 2.27. The van der Waals surface area contributed by atoms with Crippen molar-refractivity contribution in [3.05, 3.63) is 24.0 Å². The van der Waals surface area contributed by atoms with Crippen molar-refractivity contribution < 1.29 is 32.6 Å². The van der Waals surface area contributed by atoms with Crippen molar-refractivity contribution in [2.45, 2.75) is 12.8 Å². The zero-order valence-electron chi connectivity index (χ0n) is 9.89. The predicted octanol–water partition coefficient (Wildman–Crippen LogP) is 2.23. The number of nitrogens with zero attached hydrogens (tertiary/aromatic N) is 2. The van der Waals surface area contributed by atoms with Crippen LogP contribution >= 0.6 is 0 Å². The Morgan fingerprint density at radius 2 is 1.95 bits per heavy atom. The highest BCUT2D eigenvalue weighted by molar-refractivity contribution is 5.58. The van der Waals surface area contributed by atoms with E-state index in [4.69, 9.17) is 9.63 Å². The minimum Gasteiger partial charge on any atom is -0.504 e. The maximum atomic E-state index is 11.9. The van der Waals surface area contributed by atoms with Gasteiger partial charge in [-0.05, 0) is 18.2 Å². The summed E-state index contributed by atoms with van der Waals surface area (Å²) >= 11 is 0. The van der Waals surface area contributed by atoms with E-state index >= 15 is 0 Å². The molecule has 0 fully saturated rings. The first kappa shape index (κ1) is 14.1. The first-order valence-electron chi connectivity index (χ1n) is 5.34. The van der Waals surface area contributed by atoms with E-state index in [-0.39, 0.29) is 23.2 Å². The molecule has 0 aliphatic heterocycles. The van der Waals surface area contributed by atoms with Crippen LogP contribution in [-0.4, -0.2) is 33.1 Å². The number of hydrogen-bond donors (Lipinski definition) is 2. The van der Waals surface area contributed by atoms with E-state index in [0.29, 0.717) is 5.56 Å². The highest BCUT2D eigenvalue weighted by Crippen LogP contribution is 2.29. The Kier molecular flexibility index (Phi) is 3.79. The second kappa shape index (κ2) is 5.37. The number of ether oxygens (including phenoxy) is 1. The molecule has 0 saturated heterocycles. The molecule has 0 spiro atoms. The van der Waals surface area contributed by atoms with E-state index in [1.54, 1.807) is 0 Å². The van der Waals surface area contributed by atoms with E-state index in [0.717, 1.165) is 0 Å². The molecule has 0 atom stereocenters. The SMILES string of the molecule is Oc1ccc(-c2nc(COCC(F)(F)F)no2)cc1O. The van der Waals surface area contributed by atoms with Crippen LogP contribution in [0, 0.1) is 0 Å². The number of aromatic hydroxyl groups is 2. The van der Waals surface area contributed by atoms with Crippen LogP contribution in [0.4, 0.5) is 13.2 Å². The molecule has 0 bridgehead atoms. The third-order valence-electron chi connectivity index (χ3n) is 2.19. The van der Waals surface area contributed by atoms with Crippen LogP contribution in [0.2, 0.25) is 0 Å². The van der Waals surface area contributed by atoms with Gasteiger partial charge in [0.05, 0.1) is 0 Å². The summed E-state index contributed by atoms with van der Waals surface area (Å²) < 4.78 is 44.8. The molecule has 108 valence electrons. The summed E-state index contributed by atoms with van der Waals surface area (Å²) in [6.07, 6.45) is -4.42. The molecule has 1 aromatic heterocycles. The summed E-state index contributed by atoms with van der Waals surface area (Å²) in [5.74, 6) is -0.764. The minimum absolute atomic E-state index is 0.00842. The predicted molar refractivity (Wildman–Crippen MR) is 58.8 cm³/mol. The molecule has 0 saturated carbocycles. The lowest BCUT2D eigenvalue weighted by molar-refractivity contribution is -0.177. The van der Waals surface area contributed by atoms with Crippen molar-refractivity contribution in [1.29, 1.82) is 0 Å². The van der Waals surface area contributed by atoms with E-state index < -0.39 is 19.4 Å².